The van der Waals surface area contributed by atoms with Gasteiger partial charge in [0, 0.05) is 0 Å². The van der Waals surface area contributed by atoms with Crippen LogP contribution in [-0.4, -0.2) is 6.79 Å². The smallest absolute Gasteiger partial charge is 0.231 e. The molecule has 4 rings (SSSR count). The molecule has 1 heterocycles. The minimum atomic E-state index is 0.324. The number of fused-ring (bicyclic) bond motifs is 1. The van der Waals surface area contributed by atoms with Gasteiger partial charge in [-0.15, -0.1) is 0 Å². The highest BCUT2D eigenvalue weighted by atomic mass is 16.7. The van der Waals surface area contributed by atoms with Crippen LogP contribution < -0.4 is 9.47 Å². The zero-order valence-electron chi connectivity index (χ0n) is 13.5. The standard InChI is InChI=1S/C22H20O2/c1-3-7-17(8-4-1)13-20(19-9-5-2-6-10-19)14-18-11-12-21-22(15-18)24-16-23-21/h1-12,15,20H,13-14,16H2. The van der Waals surface area contributed by atoms with Crippen molar-refractivity contribution in [2.75, 3.05) is 6.79 Å². The van der Waals surface area contributed by atoms with Gasteiger partial charge >= 0.3 is 0 Å². The van der Waals surface area contributed by atoms with Gasteiger partial charge in [0.25, 0.3) is 0 Å². The summed E-state index contributed by atoms with van der Waals surface area (Å²) in [5.74, 6) is 2.14. The summed E-state index contributed by atoms with van der Waals surface area (Å²) in [5.41, 5.74) is 4.02. The van der Waals surface area contributed by atoms with E-state index in [9.17, 15) is 0 Å². The second kappa shape index (κ2) is 6.79. The molecule has 0 N–H and O–H groups in total. The Balaban J connectivity index is 1.60. The van der Waals surface area contributed by atoms with Crippen LogP contribution in [0.25, 0.3) is 0 Å². The maximum Gasteiger partial charge on any atom is 0.231 e. The first-order chi connectivity index (χ1) is 11.9. The van der Waals surface area contributed by atoms with E-state index in [0.717, 1.165) is 24.3 Å². The highest BCUT2D eigenvalue weighted by molar-refractivity contribution is 5.45. The third kappa shape index (κ3) is 3.28. The first kappa shape index (κ1) is 14.8. The van der Waals surface area contributed by atoms with Gasteiger partial charge in [-0.3, -0.25) is 0 Å². The maximum atomic E-state index is 5.52. The fourth-order valence-electron chi connectivity index (χ4n) is 3.28. The van der Waals surface area contributed by atoms with E-state index in [2.05, 4.69) is 72.8 Å². The maximum absolute atomic E-state index is 5.52. The van der Waals surface area contributed by atoms with Gasteiger partial charge in [0.05, 0.1) is 0 Å². The zero-order valence-corrected chi connectivity index (χ0v) is 13.5. The SMILES string of the molecule is c1ccc(CC(Cc2ccc3c(c2)OCO3)c2ccccc2)cc1. The van der Waals surface area contributed by atoms with E-state index in [1.165, 1.54) is 16.7 Å². The van der Waals surface area contributed by atoms with Crippen LogP contribution in [0.3, 0.4) is 0 Å². The minimum Gasteiger partial charge on any atom is -0.454 e. The Morgan fingerprint density at radius 2 is 1.33 bits per heavy atom. The van der Waals surface area contributed by atoms with E-state index in [1.54, 1.807) is 0 Å². The average molecular weight is 316 g/mol. The van der Waals surface area contributed by atoms with Crippen LogP contribution in [-0.2, 0) is 12.8 Å². The molecular weight excluding hydrogens is 296 g/mol. The van der Waals surface area contributed by atoms with Crippen LogP contribution in [0.5, 0.6) is 11.5 Å². The third-order valence-electron chi connectivity index (χ3n) is 4.51. The molecule has 1 atom stereocenters. The predicted octanol–water partition coefficient (Wildman–Crippen LogP) is 4.98. The molecule has 2 heteroatoms. The highest BCUT2D eigenvalue weighted by Crippen LogP contribution is 2.34. The summed E-state index contributed by atoms with van der Waals surface area (Å²) in [4.78, 5) is 0. The molecule has 0 amide bonds. The van der Waals surface area contributed by atoms with Gasteiger partial charge in [-0.25, -0.2) is 0 Å². The summed E-state index contributed by atoms with van der Waals surface area (Å²) in [6.07, 6.45) is 2.01. The molecule has 0 bridgehead atoms. The van der Waals surface area contributed by atoms with Crippen molar-refractivity contribution in [1.82, 2.24) is 0 Å². The highest BCUT2D eigenvalue weighted by Gasteiger charge is 2.17. The van der Waals surface area contributed by atoms with Crippen molar-refractivity contribution in [2.45, 2.75) is 18.8 Å². The monoisotopic (exact) mass is 316 g/mol. The lowest BCUT2D eigenvalue weighted by atomic mass is 9.86. The molecule has 0 saturated heterocycles. The molecule has 3 aromatic rings. The summed E-state index contributed by atoms with van der Waals surface area (Å²) in [7, 11) is 0. The van der Waals surface area contributed by atoms with Gasteiger partial charge < -0.3 is 9.47 Å². The second-order valence-corrected chi connectivity index (χ2v) is 6.19. The van der Waals surface area contributed by atoms with Crippen molar-refractivity contribution in [3.8, 4) is 11.5 Å². The van der Waals surface area contributed by atoms with E-state index in [-0.39, 0.29) is 0 Å². The molecule has 0 fully saturated rings. The van der Waals surface area contributed by atoms with E-state index in [0.29, 0.717) is 12.7 Å². The van der Waals surface area contributed by atoms with Gasteiger partial charge in [-0.05, 0) is 47.6 Å². The Kier molecular flexibility index (Phi) is 4.20. The van der Waals surface area contributed by atoms with Gasteiger partial charge in [0.2, 0.25) is 6.79 Å². The average Bonchev–Trinajstić information content (AvgIpc) is 3.11. The molecule has 3 aromatic carbocycles. The van der Waals surface area contributed by atoms with Crippen molar-refractivity contribution >= 4 is 0 Å². The van der Waals surface area contributed by atoms with Crippen molar-refractivity contribution in [3.05, 3.63) is 95.6 Å². The summed E-state index contributed by atoms with van der Waals surface area (Å²) in [5, 5.41) is 0. The van der Waals surface area contributed by atoms with Crippen LogP contribution in [0.1, 0.15) is 22.6 Å². The van der Waals surface area contributed by atoms with Crippen molar-refractivity contribution in [3.63, 3.8) is 0 Å². The Labute approximate surface area is 142 Å². The summed E-state index contributed by atoms with van der Waals surface area (Å²) in [6.45, 7) is 0.324. The fraction of sp³-hybridized carbons (Fsp3) is 0.182. The first-order valence-corrected chi connectivity index (χ1v) is 8.36. The molecule has 1 aliphatic heterocycles. The fourth-order valence-corrected chi connectivity index (χ4v) is 3.28. The number of benzene rings is 3. The molecular formula is C22H20O2. The molecule has 0 saturated carbocycles. The lowest BCUT2D eigenvalue weighted by molar-refractivity contribution is 0.174. The summed E-state index contributed by atoms with van der Waals surface area (Å²) >= 11 is 0. The topological polar surface area (TPSA) is 18.5 Å². The Morgan fingerprint density at radius 3 is 2.12 bits per heavy atom. The molecule has 0 aromatic heterocycles. The Hall–Kier alpha value is -2.74. The second-order valence-electron chi connectivity index (χ2n) is 6.19. The molecule has 0 radical (unpaired) electrons. The van der Waals surface area contributed by atoms with Crippen LogP contribution in [0.15, 0.2) is 78.9 Å². The van der Waals surface area contributed by atoms with Crippen LogP contribution >= 0.6 is 0 Å². The molecule has 0 spiro atoms. The van der Waals surface area contributed by atoms with Crippen LogP contribution in [0, 0.1) is 0 Å². The molecule has 0 aliphatic carbocycles. The van der Waals surface area contributed by atoms with E-state index in [1.807, 2.05) is 6.07 Å². The Bertz CT molecular complexity index is 797. The van der Waals surface area contributed by atoms with E-state index < -0.39 is 0 Å². The van der Waals surface area contributed by atoms with Gasteiger partial charge in [0.15, 0.2) is 11.5 Å². The van der Waals surface area contributed by atoms with Gasteiger partial charge in [-0.1, -0.05) is 66.7 Å². The lowest BCUT2D eigenvalue weighted by Crippen LogP contribution is -2.07. The molecule has 1 aliphatic rings. The van der Waals surface area contributed by atoms with Crippen LogP contribution in [0.4, 0.5) is 0 Å². The summed E-state index contributed by atoms with van der Waals surface area (Å²) < 4.78 is 10.9. The number of ether oxygens (including phenoxy) is 2. The van der Waals surface area contributed by atoms with Gasteiger partial charge in [-0.2, -0.15) is 0 Å². The largest absolute Gasteiger partial charge is 0.454 e. The molecule has 24 heavy (non-hydrogen) atoms. The van der Waals surface area contributed by atoms with Gasteiger partial charge in [0.1, 0.15) is 0 Å². The number of rotatable bonds is 5. The normalized spacial score (nSPS) is 13.7. The summed E-state index contributed by atoms with van der Waals surface area (Å²) in [6, 6.07) is 27.7. The third-order valence-corrected chi connectivity index (χ3v) is 4.51. The van der Waals surface area contributed by atoms with E-state index >= 15 is 0 Å². The lowest BCUT2D eigenvalue weighted by Gasteiger charge is -2.18. The van der Waals surface area contributed by atoms with E-state index in [4.69, 9.17) is 9.47 Å². The van der Waals surface area contributed by atoms with Crippen molar-refractivity contribution < 1.29 is 9.47 Å². The minimum absolute atomic E-state index is 0.324. The number of hydrogen-bond donors (Lipinski definition) is 0. The number of hydrogen-bond acceptors (Lipinski definition) is 2. The van der Waals surface area contributed by atoms with Crippen LogP contribution in [0.2, 0.25) is 0 Å². The predicted molar refractivity (Wildman–Crippen MR) is 95.6 cm³/mol. The Morgan fingerprint density at radius 1 is 0.667 bits per heavy atom. The van der Waals surface area contributed by atoms with Crippen molar-refractivity contribution in [1.29, 1.82) is 0 Å². The first-order valence-electron chi connectivity index (χ1n) is 8.36. The molecule has 120 valence electrons. The quantitative estimate of drug-likeness (QED) is 0.660. The molecule has 1 unspecified atom stereocenters. The van der Waals surface area contributed by atoms with Crippen molar-refractivity contribution in [2.24, 2.45) is 0 Å². The zero-order chi connectivity index (χ0) is 16.2. The molecule has 2 nitrogen and oxygen atoms in total.